The van der Waals surface area contributed by atoms with Crippen LogP contribution in [0.25, 0.3) is 5.57 Å². The smallest absolute Gasteiger partial charge is 0.282 e. The lowest BCUT2D eigenvalue weighted by molar-refractivity contribution is -0.120. The van der Waals surface area contributed by atoms with Crippen molar-refractivity contribution in [2.24, 2.45) is 0 Å². The normalized spacial score (nSPS) is 15.8. The lowest BCUT2D eigenvalue weighted by Crippen LogP contribution is -2.37. The Hall–Kier alpha value is -4.00. The van der Waals surface area contributed by atoms with E-state index in [2.05, 4.69) is 0 Å². The molecule has 0 bridgehead atoms. The molecule has 3 aromatic rings. The first-order chi connectivity index (χ1) is 16.0. The number of amides is 2. The van der Waals surface area contributed by atoms with E-state index < -0.39 is 23.4 Å². The minimum atomic E-state index is -1.14. The fourth-order valence-corrected chi connectivity index (χ4v) is 4.49. The molecular weight excluding hydrogens is 426 g/mol. The lowest BCUT2D eigenvalue weighted by Gasteiger charge is -2.32. The number of methoxy groups -OCH3 is 1. The predicted octanol–water partition coefficient (Wildman–Crippen LogP) is 4.71. The van der Waals surface area contributed by atoms with Gasteiger partial charge < -0.3 is 9.64 Å². The number of imide groups is 1. The zero-order valence-corrected chi connectivity index (χ0v) is 17.8. The Bertz CT molecular complexity index is 1320. The molecule has 0 aromatic heterocycles. The quantitative estimate of drug-likeness (QED) is 0.545. The first kappa shape index (κ1) is 20.9. The molecule has 0 saturated carbocycles. The molecule has 0 saturated heterocycles. The number of carbonyl (C=O) groups excluding carboxylic acids is 2. The molecule has 0 unspecified atom stereocenters. The van der Waals surface area contributed by atoms with Crippen molar-refractivity contribution in [3.05, 3.63) is 95.2 Å². The molecule has 5 rings (SSSR count). The molecule has 5 nitrogen and oxygen atoms in total. The zero-order valence-electron chi connectivity index (χ0n) is 17.8. The molecule has 2 aliphatic rings. The summed E-state index contributed by atoms with van der Waals surface area (Å²) in [5, 5.41) is 0. The number of carbonyl (C=O) groups is 2. The van der Waals surface area contributed by atoms with E-state index in [4.69, 9.17) is 4.74 Å². The summed E-state index contributed by atoms with van der Waals surface area (Å²) in [6, 6.07) is 17.7. The standard InChI is InChI=1S/C26H20F2N2O3/c1-33-22-11-5-3-9-18(22)23-24(29-14-6-8-16-7-2-4-10-21(16)29)26(32)30(25(23)31)17-12-13-19(27)20(28)15-17/h2-5,7,9-13,15H,6,8,14H2,1H3. The second-order valence-electron chi connectivity index (χ2n) is 7.85. The van der Waals surface area contributed by atoms with Crippen LogP contribution in [-0.4, -0.2) is 25.5 Å². The van der Waals surface area contributed by atoms with Gasteiger partial charge in [-0.2, -0.15) is 0 Å². The number of ether oxygens (including phenoxy) is 1. The van der Waals surface area contributed by atoms with Crippen LogP contribution in [0.2, 0.25) is 0 Å². The number of anilines is 2. The number of halogens is 2. The molecule has 0 spiro atoms. The van der Waals surface area contributed by atoms with Crippen molar-refractivity contribution in [3.8, 4) is 5.75 Å². The molecule has 0 N–H and O–H groups in total. The number of para-hydroxylation sites is 2. The maximum atomic E-state index is 14.0. The van der Waals surface area contributed by atoms with Crippen molar-refractivity contribution in [2.45, 2.75) is 12.8 Å². The van der Waals surface area contributed by atoms with Crippen LogP contribution >= 0.6 is 0 Å². The summed E-state index contributed by atoms with van der Waals surface area (Å²) in [5.74, 6) is -2.97. The SMILES string of the molecule is COc1ccccc1C1=C(N2CCCc3ccccc32)C(=O)N(c2ccc(F)c(F)c2)C1=O. The van der Waals surface area contributed by atoms with Gasteiger partial charge in [-0.15, -0.1) is 0 Å². The van der Waals surface area contributed by atoms with Gasteiger partial charge in [0.25, 0.3) is 11.8 Å². The van der Waals surface area contributed by atoms with Gasteiger partial charge in [-0.1, -0.05) is 36.4 Å². The van der Waals surface area contributed by atoms with Crippen LogP contribution in [0.3, 0.4) is 0 Å². The Morgan fingerprint density at radius 3 is 2.42 bits per heavy atom. The minimum Gasteiger partial charge on any atom is -0.496 e. The highest BCUT2D eigenvalue weighted by Gasteiger charge is 2.44. The number of hydrogen-bond donors (Lipinski definition) is 0. The molecule has 0 aliphatic carbocycles. The molecule has 33 heavy (non-hydrogen) atoms. The molecule has 0 atom stereocenters. The van der Waals surface area contributed by atoms with Gasteiger partial charge in [0, 0.05) is 23.9 Å². The van der Waals surface area contributed by atoms with E-state index in [1.54, 1.807) is 24.3 Å². The van der Waals surface area contributed by atoms with Crippen LogP contribution in [0.1, 0.15) is 17.5 Å². The summed E-state index contributed by atoms with van der Waals surface area (Å²) >= 11 is 0. The van der Waals surface area contributed by atoms with Gasteiger partial charge in [-0.25, -0.2) is 13.7 Å². The third-order valence-electron chi connectivity index (χ3n) is 5.98. The van der Waals surface area contributed by atoms with Gasteiger partial charge in [-0.05, 0) is 42.7 Å². The van der Waals surface area contributed by atoms with Crippen molar-refractivity contribution in [2.75, 3.05) is 23.5 Å². The number of rotatable bonds is 4. The van der Waals surface area contributed by atoms with E-state index in [0.717, 1.165) is 41.1 Å². The number of benzene rings is 3. The van der Waals surface area contributed by atoms with Gasteiger partial charge in [-0.3, -0.25) is 9.59 Å². The second kappa shape index (κ2) is 8.16. The van der Waals surface area contributed by atoms with Crippen molar-refractivity contribution >= 4 is 28.8 Å². The minimum absolute atomic E-state index is 0.0309. The van der Waals surface area contributed by atoms with Crippen LogP contribution in [-0.2, 0) is 16.0 Å². The van der Waals surface area contributed by atoms with E-state index >= 15 is 0 Å². The van der Waals surface area contributed by atoms with E-state index in [1.807, 2.05) is 29.2 Å². The van der Waals surface area contributed by atoms with Gasteiger partial charge >= 0.3 is 0 Å². The monoisotopic (exact) mass is 446 g/mol. The summed E-state index contributed by atoms with van der Waals surface area (Å²) in [5.41, 5.74) is 2.71. The molecular formula is C26H20F2N2O3. The Morgan fingerprint density at radius 2 is 1.64 bits per heavy atom. The van der Waals surface area contributed by atoms with Crippen molar-refractivity contribution in [1.82, 2.24) is 0 Å². The van der Waals surface area contributed by atoms with Crippen LogP contribution in [0.5, 0.6) is 5.75 Å². The Morgan fingerprint density at radius 1 is 0.879 bits per heavy atom. The average Bonchev–Trinajstić information content (AvgIpc) is 3.10. The van der Waals surface area contributed by atoms with E-state index in [1.165, 1.54) is 13.2 Å². The highest BCUT2D eigenvalue weighted by atomic mass is 19.2. The largest absolute Gasteiger partial charge is 0.496 e. The summed E-state index contributed by atoms with van der Waals surface area (Å²) in [6.45, 7) is 0.537. The van der Waals surface area contributed by atoms with Crippen molar-refractivity contribution in [3.63, 3.8) is 0 Å². The molecule has 0 fully saturated rings. The number of nitrogens with zero attached hydrogens (tertiary/aromatic N) is 2. The Balaban J connectivity index is 1.73. The second-order valence-corrected chi connectivity index (χ2v) is 7.85. The van der Waals surface area contributed by atoms with Crippen LogP contribution in [0, 0.1) is 11.6 Å². The Labute approximate surface area is 189 Å². The average molecular weight is 446 g/mol. The van der Waals surface area contributed by atoms with Gasteiger partial charge in [0.2, 0.25) is 0 Å². The molecule has 2 amide bonds. The van der Waals surface area contributed by atoms with Crippen LogP contribution < -0.4 is 14.5 Å². The van der Waals surface area contributed by atoms with E-state index in [9.17, 15) is 18.4 Å². The lowest BCUT2D eigenvalue weighted by atomic mass is 9.98. The van der Waals surface area contributed by atoms with Crippen molar-refractivity contribution < 1.29 is 23.1 Å². The van der Waals surface area contributed by atoms with Gasteiger partial charge in [0.15, 0.2) is 11.6 Å². The first-order valence-electron chi connectivity index (χ1n) is 10.6. The molecule has 3 aromatic carbocycles. The van der Waals surface area contributed by atoms with E-state index in [0.29, 0.717) is 17.9 Å². The van der Waals surface area contributed by atoms with Crippen LogP contribution in [0.15, 0.2) is 72.4 Å². The molecule has 7 heteroatoms. The number of aryl methyl sites for hydroxylation is 1. The highest BCUT2D eigenvalue weighted by Crippen LogP contribution is 2.41. The van der Waals surface area contributed by atoms with Crippen LogP contribution in [0.4, 0.5) is 20.2 Å². The van der Waals surface area contributed by atoms with Gasteiger partial charge in [0.05, 0.1) is 18.4 Å². The van der Waals surface area contributed by atoms with E-state index in [-0.39, 0.29) is 17.0 Å². The third kappa shape index (κ3) is 3.36. The predicted molar refractivity (Wildman–Crippen MR) is 121 cm³/mol. The summed E-state index contributed by atoms with van der Waals surface area (Å²) in [7, 11) is 1.49. The highest BCUT2D eigenvalue weighted by molar-refractivity contribution is 6.46. The summed E-state index contributed by atoms with van der Waals surface area (Å²) in [4.78, 5) is 30.2. The fourth-order valence-electron chi connectivity index (χ4n) is 4.49. The number of fused-ring (bicyclic) bond motifs is 1. The zero-order chi connectivity index (χ0) is 23.1. The molecule has 2 heterocycles. The fraction of sp³-hybridized carbons (Fsp3) is 0.154. The van der Waals surface area contributed by atoms with Crippen molar-refractivity contribution in [1.29, 1.82) is 0 Å². The summed E-state index contributed by atoms with van der Waals surface area (Å²) < 4.78 is 33.0. The molecule has 0 radical (unpaired) electrons. The Kier molecular flexibility index (Phi) is 5.17. The maximum absolute atomic E-state index is 14.0. The number of hydrogen-bond acceptors (Lipinski definition) is 4. The first-order valence-corrected chi connectivity index (χ1v) is 10.6. The third-order valence-corrected chi connectivity index (χ3v) is 5.98. The summed E-state index contributed by atoms with van der Waals surface area (Å²) in [6.07, 6.45) is 1.66. The molecule has 2 aliphatic heterocycles. The maximum Gasteiger partial charge on any atom is 0.282 e. The van der Waals surface area contributed by atoms with Gasteiger partial charge in [0.1, 0.15) is 11.4 Å². The molecule has 166 valence electrons. The topological polar surface area (TPSA) is 49.9 Å².